The Morgan fingerprint density at radius 3 is 2.83 bits per heavy atom. The third-order valence-electron chi connectivity index (χ3n) is 3.42. The van der Waals surface area contributed by atoms with Gasteiger partial charge in [-0.3, -0.25) is 9.78 Å². The molecule has 1 aromatic heterocycles. The smallest absolute Gasteiger partial charge is 0.310 e. The average molecular weight is 309 g/mol. The minimum Gasteiger partial charge on any atom is -0.496 e. The maximum absolute atomic E-state index is 12.2. The van der Waals surface area contributed by atoms with Crippen LogP contribution in [0, 0.1) is 19.3 Å². The zero-order chi connectivity index (χ0) is 16.7. The van der Waals surface area contributed by atoms with Crippen LogP contribution in [-0.4, -0.2) is 18.1 Å². The summed E-state index contributed by atoms with van der Waals surface area (Å²) in [5.74, 6) is 2.93. The van der Waals surface area contributed by atoms with Gasteiger partial charge in [-0.1, -0.05) is 18.2 Å². The van der Waals surface area contributed by atoms with E-state index in [1.54, 1.807) is 25.4 Å². The number of nitrogens with zero attached hydrogens (tertiary/aromatic N) is 1. The number of aromatic nitrogens is 1. The van der Waals surface area contributed by atoms with Gasteiger partial charge < -0.3 is 9.47 Å². The predicted molar refractivity (Wildman–Crippen MR) is 88.0 cm³/mol. The molecule has 0 fully saturated rings. The lowest BCUT2D eigenvalue weighted by molar-refractivity contribution is -0.148. The largest absolute Gasteiger partial charge is 0.496 e. The summed E-state index contributed by atoms with van der Waals surface area (Å²) in [6.07, 6.45) is 6.94. The van der Waals surface area contributed by atoms with Crippen LogP contribution in [0.2, 0.25) is 0 Å². The summed E-state index contributed by atoms with van der Waals surface area (Å²) in [5.41, 5.74) is 2.50. The number of pyridine rings is 1. The number of aryl methyl sites for hydroxylation is 1. The fraction of sp³-hybridized carbons (Fsp3) is 0.263. The van der Waals surface area contributed by atoms with E-state index in [-0.39, 0.29) is 12.4 Å². The summed E-state index contributed by atoms with van der Waals surface area (Å²) in [7, 11) is 1.61. The van der Waals surface area contributed by atoms with Crippen molar-refractivity contribution in [2.45, 2.75) is 25.9 Å². The monoisotopic (exact) mass is 309 g/mol. The Balaban J connectivity index is 2.06. The molecular formula is C19H19NO3. The second-order valence-electron chi connectivity index (χ2n) is 5.12. The lowest BCUT2D eigenvalue weighted by Crippen LogP contribution is -2.14. The normalized spacial score (nSPS) is 11.3. The maximum Gasteiger partial charge on any atom is 0.310 e. The fourth-order valence-electron chi connectivity index (χ4n) is 2.22. The van der Waals surface area contributed by atoms with E-state index in [0.29, 0.717) is 12.1 Å². The molecule has 118 valence electrons. The van der Waals surface area contributed by atoms with E-state index >= 15 is 0 Å². The Hall–Kier alpha value is -2.80. The molecule has 2 rings (SSSR count). The van der Waals surface area contributed by atoms with Gasteiger partial charge in [0.15, 0.2) is 6.10 Å². The van der Waals surface area contributed by atoms with Gasteiger partial charge >= 0.3 is 5.97 Å². The maximum atomic E-state index is 12.2. The lowest BCUT2D eigenvalue weighted by Gasteiger charge is -2.15. The van der Waals surface area contributed by atoms with E-state index in [0.717, 1.165) is 16.9 Å². The molecule has 1 aromatic carbocycles. The summed E-state index contributed by atoms with van der Waals surface area (Å²) in [5, 5.41) is 0. The number of hydrogen-bond acceptors (Lipinski definition) is 4. The van der Waals surface area contributed by atoms with E-state index in [1.807, 2.05) is 31.2 Å². The predicted octanol–water partition coefficient (Wildman–Crippen LogP) is 3.25. The first-order valence-corrected chi connectivity index (χ1v) is 7.31. The highest BCUT2D eigenvalue weighted by Gasteiger charge is 2.17. The van der Waals surface area contributed by atoms with Crippen LogP contribution in [0.5, 0.6) is 5.75 Å². The van der Waals surface area contributed by atoms with Crippen molar-refractivity contribution in [2.24, 2.45) is 0 Å². The van der Waals surface area contributed by atoms with Gasteiger partial charge in [-0.15, -0.1) is 12.3 Å². The molecule has 0 aliphatic rings. The Labute approximate surface area is 136 Å². The molecule has 0 saturated carbocycles. The van der Waals surface area contributed by atoms with Crippen molar-refractivity contribution in [3.05, 3.63) is 59.4 Å². The molecule has 0 aliphatic carbocycles. The second kappa shape index (κ2) is 8.00. The molecule has 4 nitrogen and oxygen atoms in total. The van der Waals surface area contributed by atoms with Crippen molar-refractivity contribution in [3.63, 3.8) is 0 Å². The van der Waals surface area contributed by atoms with E-state index in [2.05, 4.69) is 10.9 Å². The van der Waals surface area contributed by atoms with Crippen molar-refractivity contribution in [1.29, 1.82) is 0 Å². The molecule has 1 atom stereocenters. The Kier molecular flexibility index (Phi) is 5.76. The van der Waals surface area contributed by atoms with Crippen LogP contribution < -0.4 is 4.74 Å². The van der Waals surface area contributed by atoms with Crippen LogP contribution in [0.3, 0.4) is 0 Å². The highest BCUT2D eigenvalue weighted by Crippen LogP contribution is 2.22. The van der Waals surface area contributed by atoms with E-state index < -0.39 is 6.10 Å². The van der Waals surface area contributed by atoms with Crippen LogP contribution in [0.1, 0.15) is 29.3 Å². The Bertz CT molecular complexity index is 704. The third kappa shape index (κ3) is 4.58. The number of ether oxygens (including phenoxy) is 2. The number of esters is 1. The summed E-state index contributed by atoms with van der Waals surface area (Å²) in [6.45, 7) is 1.95. The number of terminal acetylenes is 1. The highest BCUT2D eigenvalue weighted by molar-refractivity contribution is 5.73. The van der Waals surface area contributed by atoms with Crippen molar-refractivity contribution >= 4 is 5.97 Å². The van der Waals surface area contributed by atoms with Gasteiger partial charge in [0.1, 0.15) is 5.75 Å². The van der Waals surface area contributed by atoms with Gasteiger partial charge in [-0.2, -0.15) is 0 Å². The zero-order valence-electron chi connectivity index (χ0n) is 13.3. The standard InChI is InChI=1S/C19H19NO3/c1-4-7-17(16-8-5-6-11-20-16)23-19(21)13-15-10-9-14(2)18(12-15)22-3/h1,5-6,8-12,17H,7,13H2,2-3H3. The van der Waals surface area contributed by atoms with Crippen molar-refractivity contribution in [1.82, 2.24) is 4.98 Å². The molecule has 0 N–H and O–H groups in total. The fourth-order valence-corrected chi connectivity index (χ4v) is 2.22. The quantitative estimate of drug-likeness (QED) is 0.607. The van der Waals surface area contributed by atoms with E-state index in [4.69, 9.17) is 15.9 Å². The molecule has 0 aliphatic heterocycles. The van der Waals surface area contributed by atoms with Gasteiger partial charge in [0.05, 0.1) is 25.6 Å². The summed E-state index contributed by atoms with van der Waals surface area (Å²) in [4.78, 5) is 16.4. The number of carbonyl (C=O) groups excluding carboxylic acids is 1. The molecule has 1 heterocycles. The first-order chi connectivity index (χ1) is 11.1. The number of benzene rings is 1. The van der Waals surface area contributed by atoms with Gasteiger partial charge in [0.2, 0.25) is 0 Å². The highest BCUT2D eigenvalue weighted by atomic mass is 16.5. The minimum atomic E-state index is -0.527. The first kappa shape index (κ1) is 16.6. The summed E-state index contributed by atoms with van der Waals surface area (Å²) < 4.78 is 10.8. The molecule has 0 spiro atoms. The van der Waals surface area contributed by atoms with Crippen molar-refractivity contribution in [2.75, 3.05) is 7.11 Å². The molecule has 23 heavy (non-hydrogen) atoms. The lowest BCUT2D eigenvalue weighted by atomic mass is 10.1. The molecule has 1 unspecified atom stereocenters. The van der Waals surface area contributed by atoms with Crippen LogP contribution in [0.4, 0.5) is 0 Å². The van der Waals surface area contributed by atoms with E-state index in [9.17, 15) is 4.79 Å². The summed E-state index contributed by atoms with van der Waals surface area (Å²) >= 11 is 0. The minimum absolute atomic E-state index is 0.157. The van der Waals surface area contributed by atoms with Gasteiger partial charge in [-0.05, 0) is 36.2 Å². The van der Waals surface area contributed by atoms with Crippen molar-refractivity contribution < 1.29 is 14.3 Å². The first-order valence-electron chi connectivity index (χ1n) is 7.31. The Morgan fingerprint density at radius 1 is 1.35 bits per heavy atom. The van der Waals surface area contributed by atoms with Crippen LogP contribution >= 0.6 is 0 Å². The molecule has 0 radical (unpaired) electrons. The van der Waals surface area contributed by atoms with Crippen LogP contribution in [-0.2, 0) is 16.0 Å². The topological polar surface area (TPSA) is 48.4 Å². The molecule has 0 amide bonds. The third-order valence-corrected chi connectivity index (χ3v) is 3.42. The SMILES string of the molecule is C#CCC(OC(=O)Cc1ccc(C)c(OC)c1)c1ccccn1. The number of methoxy groups -OCH3 is 1. The molecule has 0 bridgehead atoms. The average Bonchev–Trinajstić information content (AvgIpc) is 2.57. The zero-order valence-corrected chi connectivity index (χ0v) is 13.3. The Morgan fingerprint density at radius 2 is 2.17 bits per heavy atom. The van der Waals surface area contributed by atoms with Crippen LogP contribution in [0.15, 0.2) is 42.6 Å². The summed E-state index contributed by atoms with van der Waals surface area (Å²) in [6, 6.07) is 11.1. The molecular weight excluding hydrogens is 290 g/mol. The molecule has 4 heteroatoms. The molecule has 2 aromatic rings. The van der Waals surface area contributed by atoms with Crippen LogP contribution in [0.25, 0.3) is 0 Å². The number of carbonyl (C=O) groups is 1. The van der Waals surface area contributed by atoms with Gasteiger partial charge in [-0.25, -0.2) is 0 Å². The number of hydrogen-bond donors (Lipinski definition) is 0. The second-order valence-corrected chi connectivity index (χ2v) is 5.12. The molecule has 0 saturated heterocycles. The van der Waals surface area contributed by atoms with Gasteiger partial charge in [0.25, 0.3) is 0 Å². The number of rotatable bonds is 6. The van der Waals surface area contributed by atoms with Crippen molar-refractivity contribution in [3.8, 4) is 18.1 Å². The van der Waals surface area contributed by atoms with E-state index in [1.165, 1.54) is 0 Å². The van der Waals surface area contributed by atoms with Gasteiger partial charge in [0, 0.05) is 6.20 Å².